The fraction of sp³-hybridized carbons (Fsp3) is 0.143. The molecule has 2 N–H and O–H groups in total. The van der Waals surface area contributed by atoms with Crippen LogP contribution in [0.1, 0.15) is 0 Å². The van der Waals surface area contributed by atoms with Crippen molar-refractivity contribution in [2.75, 3.05) is 23.8 Å². The van der Waals surface area contributed by atoms with E-state index in [9.17, 15) is 0 Å². The summed E-state index contributed by atoms with van der Waals surface area (Å²) in [5.74, 6) is 2.83. The Morgan fingerprint density at radius 2 is 1.97 bits per heavy atom. The third-order valence-corrected chi connectivity index (χ3v) is 5.91. The van der Waals surface area contributed by atoms with Crippen LogP contribution in [-0.4, -0.2) is 33.1 Å². The van der Waals surface area contributed by atoms with Crippen LogP contribution >= 0.6 is 0 Å². The third-order valence-electron chi connectivity index (χ3n) is 4.53. The van der Waals surface area contributed by atoms with Gasteiger partial charge in [-0.1, -0.05) is 0 Å². The molecule has 0 radical (unpaired) electrons. The minimum atomic E-state index is -0.137. The topological polar surface area (TPSA) is 81.9 Å². The quantitative estimate of drug-likeness (QED) is 0.160. The summed E-state index contributed by atoms with van der Waals surface area (Å²) in [6.07, 6.45) is 0. The molecular formula is C21H19IN5O3-. The molecule has 154 valence electrons. The summed E-state index contributed by atoms with van der Waals surface area (Å²) in [6, 6.07) is 19.6. The molecule has 2 aromatic heterocycles. The molecule has 8 nitrogen and oxygen atoms in total. The Kier molecular flexibility index (Phi) is 5.28. The van der Waals surface area contributed by atoms with Crippen LogP contribution in [0.3, 0.4) is 0 Å². The Labute approximate surface area is 183 Å². The van der Waals surface area contributed by atoms with E-state index in [0.29, 0.717) is 10.6 Å². The van der Waals surface area contributed by atoms with E-state index < -0.39 is 0 Å². The fourth-order valence-corrected chi connectivity index (χ4v) is 4.00. The summed E-state index contributed by atoms with van der Waals surface area (Å²) < 4.78 is 22.4. The molecule has 0 fully saturated rings. The van der Waals surface area contributed by atoms with Crippen molar-refractivity contribution in [1.29, 1.82) is 0 Å². The molecule has 0 unspecified atom stereocenters. The van der Waals surface area contributed by atoms with Gasteiger partial charge >= 0.3 is 150 Å². The summed E-state index contributed by atoms with van der Waals surface area (Å²) in [4.78, 5) is 4.61. The van der Waals surface area contributed by atoms with Crippen molar-refractivity contribution in [3.05, 3.63) is 60.7 Å². The summed E-state index contributed by atoms with van der Waals surface area (Å²) in [5.41, 5.74) is 3.51. The van der Waals surface area contributed by atoms with Crippen LogP contribution in [0.2, 0.25) is 0 Å². The number of aromatic nitrogens is 3. The standard InChI is InChI=1S/C21H19IN5O3/c1-23-22-12-28-16-5-2-4-15(11-16)24-21-25-20-7-3-6-17(27(20)26-21)14-8-9-18-19(10-14)30-13-29-18/h2-11,23H,12-13H2,1H3,(H,24,26)/q-1. The van der Waals surface area contributed by atoms with Crippen molar-refractivity contribution in [2.45, 2.75) is 0 Å². The monoisotopic (exact) mass is 516 g/mol. The predicted octanol–water partition coefficient (Wildman–Crippen LogP) is 0.428. The SMILES string of the molecule is CN[I-]COc1cccc(Nc2nc3cccc(-c4ccc5c(c4)OCO5)n3n2)c1. The summed E-state index contributed by atoms with van der Waals surface area (Å²) >= 11 is -0.137. The average Bonchev–Trinajstić information content (AvgIpc) is 3.39. The van der Waals surface area contributed by atoms with E-state index in [1.807, 2.05) is 72.2 Å². The van der Waals surface area contributed by atoms with E-state index in [4.69, 9.17) is 14.2 Å². The Morgan fingerprint density at radius 3 is 2.90 bits per heavy atom. The zero-order valence-corrected chi connectivity index (χ0v) is 18.3. The van der Waals surface area contributed by atoms with Gasteiger partial charge in [-0.25, -0.2) is 0 Å². The maximum absolute atomic E-state index is 5.78. The molecule has 3 heterocycles. The second-order valence-corrected chi connectivity index (χ2v) is 8.88. The van der Waals surface area contributed by atoms with Gasteiger partial charge in [-0.3, -0.25) is 0 Å². The van der Waals surface area contributed by atoms with E-state index in [1.54, 1.807) is 0 Å². The van der Waals surface area contributed by atoms with Gasteiger partial charge in [0.1, 0.15) is 0 Å². The molecule has 1 aliphatic rings. The van der Waals surface area contributed by atoms with E-state index in [1.165, 1.54) is 0 Å². The van der Waals surface area contributed by atoms with E-state index in [0.717, 1.165) is 39.8 Å². The molecule has 5 rings (SSSR count). The van der Waals surface area contributed by atoms with Crippen molar-refractivity contribution < 1.29 is 35.7 Å². The zero-order valence-electron chi connectivity index (χ0n) is 16.1. The summed E-state index contributed by atoms with van der Waals surface area (Å²) in [6.45, 7) is 0.250. The molecule has 0 spiro atoms. The Morgan fingerprint density at radius 1 is 1.07 bits per heavy atom. The second-order valence-electron chi connectivity index (χ2n) is 6.41. The predicted molar refractivity (Wildman–Crippen MR) is 109 cm³/mol. The molecule has 0 bridgehead atoms. The molecule has 0 saturated carbocycles. The van der Waals surface area contributed by atoms with Crippen molar-refractivity contribution in [2.24, 2.45) is 0 Å². The van der Waals surface area contributed by atoms with Gasteiger partial charge in [0.2, 0.25) is 6.79 Å². The second kappa shape index (κ2) is 8.36. The van der Waals surface area contributed by atoms with Crippen LogP contribution in [0, 0.1) is 0 Å². The number of halogens is 1. The molecule has 1 aliphatic heterocycles. The number of nitrogens with zero attached hydrogens (tertiary/aromatic N) is 3. The molecular weight excluding hydrogens is 497 g/mol. The van der Waals surface area contributed by atoms with Crippen LogP contribution in [0.5, 0.6) is 17.2 Å². The van der Waals surface area contributed by atoms with Gasteiger partial charge < -0.3 is 9.47 Å². The van der Waals surface area contributed by atoms with Gasteiger partial charge in [0, 0.05) is 0 Å². The number of pyridine rings is 1. The number of hydrogen-bond donors (Lipinski definition) is 2. The van der Waals surface area contributed by atoms with Crippen LogP contribution in [0.25, 0.3) is 16.9 Å². The van der Waals surface area contributed by atoms with E-state index in [-0.39, 0.29) is 28.3 Å². The number of benzene rings is 2. The first-order valence-electron chi connectivity index (χ1n) is 9.31. The number of alkyl halides is 1. The summed E-state index contributed by atoms with van der Waals surface area (Å²) in [7, 11) is 1.95. The van der Waals surface area contributed by atoms with Gasteiger partial charge in [0.05, 0.1) is 0 Å². The van der Waals surface area contributed by atoms with Crippen LogP contribution in [0.4, 0.5) is 11.6 Å². The molecule has 4 aromatic rings. The van der Waals surface area contributed by atoms with Crippen molar-refractivity contribution in [3.63, 3.8) is 0 Å². The first-order valence-corrected chi connectivity index (χ1v) is 11.9. The number of fused-ring (bicyclic) bond motifs is 2. The fourth-order valence-electron chi connectivity index (χ4n) is 3.17. The molecule has 0 saturated heterocycles. The Hall–Kier alpha value is -3.05. The Bertz CT molecular complexity index is 1200. The summed E-state index contributed by atoms with van der Waals surface area (Å²) in [5, 5.41) is 7.93. The molecule has 30 heavy (non-hydrogen) atoms. The number of hydrogen-bond acceptors (Lipinski definition) is 7. The number of rotatable bonds is 7. The van der Waals surface area contributed by atoms with Crippen molar-refractivity contribution in [1.82, 2.24) is 18.1 Å². The minimum absolute atomic E-state index is 0.137. The number of anilines is 2. The van der Waals surface area contributed by atoms with Crippen LogP contribution < -0.4 is 44.5 Å². The van der Waals surface area contributed by atoms with Crippen molar-refractivity contribution >= 4 is 17.3 Å². The third kappa shape index (κ3) is 3.85. The first-order chi connectivity index (χ1) is 14.8. The van der Waals surface area contributed by atoms with Crippen LogP contribution in [0.15, 0.2) is 60.7 Å². The molecule has 2 aromatic carbocycles. The van der Waals surface area contributed by atoms with Gasteiger partial charge in [0.25, 0.3) is 0 Å². The Balaban J connectivity index is 1.42. The van der Waals surface area contributed by atoms with Gasteiger partial charge in [-0.15, -0.1) is 0 Å². The molecule has 0 amide bonds. The number of ether oxygens (including phenoxy) is 3. The average molecular weight is 516 g/mol. The molecule has 9 heteroatoms. The zero-order chi connectivity index (χ0) is 20.3. The number of nitrogens with one attached hydrogen (secondary N) is 2. The van der Waals surface area contributed by atoms with Gasteiger partial charge in [-0.2, -0.15) is 0 Å². The van der Waals surface area contributed by atoms with Gasteiger partial charge in [-0.05, 0) is 6.07 Å². The molecule has 0 aliphatic carbocycles. The van der Waals surface area contributed by atoms with E-state index in [2.05, 4.69) is 18.9 Å². The first kappa shape index (κ1) is 18.9. The normalized spacial score (nSPS) is 12.4. The van der Waals surface area contributed by atoms with Crippen LogP contribution in [-0.2, 0) is 0 Å². The van der Waals surface area contributed by atoms with Gasteiger partial charge in [0.15, 0.2) is 11.5 Å². The van der Waals surface area contributed by atoms with Crippen molar-refractivity contribution in [3.8, 4) is 28.5 Å². The van der Waals surface area contributed by atoms with E-state index >= 15 is 0 Å². The molecule has 0 atom stereocenters. The maximum atomic E-state index is 5.78.